The molecule has 1 amide bonds. The Balaban J connectivity index is 2.11. The minimum absolute atomic E-state index is 0.163. The highest BCUT2D eigenvalue weighted by Crippen LogP contribution is 2.38. The van der Waals surface area contributed by atoms with E-state index in [1.165, 1.54) is 0 Å². The first-order valence-corrected chi connectivity index (χ1v) is 7.67. The summed E-state index contributed by atoms with van der Waals surface area (Å²) in [5, 5.41) is 12.6. The van der Waals surface area contributed by atoms with Crippen molar-refractivity contribution in [3.05, 3.63) is 0 Å². The summed E-state index contributed by atoms with van der Waals surface area (Å²) in [5.74, 6) is -0.629. The number of hydrogen-bond acceptors (Lipinski definition) is 3. The molecule has 2 aliphatic heterocycles. The van der Waals surface area contributed by atoms with E-state index in [1.54, 1.807) is 11.8 Å². The number of carbonyl (C=O) groups excluding carboxylic acids is 1. The van der Waals surface area contributed by atoms with Gasteiger partial charge in [-0.15, -0.1) is 0 Å². The van der Waals surface area contributed by atoms with Crippen LogP contribution in [0.2, 0.25) is 0 Å². The molecule has 0 spiro atoms. The van der Waals surface area contributed by atoms with E-state index in [0.717, 1.165) is 38.8 Å². The molecule has 2 atom stereocenters. The lowest BCUT2D eigenvalue weighted by Crippen LogP contribution is -2.51. The van der Waals surface area contributed by atoms with Gasteiger partial charge in [-0.2, -0.15) is 0 Å². The van der Waals surface area contributed by atoms with Gasteiger partial charge in [0.25, 0.3) is 0 Å². The molecule has 5 heteroatoms. The molecule has 2 unspecified atom stereocenters. The summed E-state index contributed by atoms with van der Waals surface area (Å²) >= 11 is 0. The molecule has 5 nitrogen and oxygen atoms in total. The number of carbonyl (C=O) groups is 2. The van der Waals surface area contributed by atoms with Crippen molar-refractivity contribution >= 4 is 11.9 Å². The van der Waals surface area contributed by atoms with Gasteiger partial charge in [-0.3, -0.25) is 9.59 Å². The van der Waals surface area contributed by atoms with Gasteiger partial charge in [-0.1, -0.05) is 13.3 Å². The molecule has 2 saturated heterocycles. The average Bonchev–Trinajstić information content (AvgIpc) is 2.83. The fourth-order valence-corrected chi connectivity index (χ4v) is 3.59. The van der Waals surface area contributed by atoms with Crippen LogP contribution >= 0.6 is 0 Å². The zero-order chi connectivity index (χ0) is 14.8. The lowest BCUT2D eigenvalue weighted by molar-refractivity contribution is -0.148. The zero-order valence-electron chi connectivity index (χ0n) is 12.6. The first-order chi connectivity index (χ1) is 9.43. The van der Waals surface area contributed by atoms with Crippen molar-refractivity contribution in [2.24, 2.45) is 10.8 Å². The van der Waals surface area contributed by atoms with Crippen LogP contribution in [0.4, 0.5) is 0 Å². The van der Waals surface area contributed by atoms with Crippen molar-refractivity contribution in [2.75, 3.05) is 26.2 Å². The Hall–Kier alpha value is -1.10. The van der Waals surface area contributed by atoms with Gasteiger partial charge in [0.15, 0.2) is 0 Å². The standard InChI is InChI=1S/C15H26N2O3/c1-3-5-15(6-4-8-16-10-15)12(18)17-9-7-14(2,11-17)13(19)20/h16H,3-11H2,1-2H3,(H,19,20). The van der Waals surface area contributed by atoms with Gasteiger partial charge in [0, 0.05) is 19.6 Å². The van der Waals surface area contributed by atoms with Crippen molar-refractivity contribution in [1.29, 1.82) is 0 Å². The molecule has 2 aliphatic rings. The van der Waals surface area contributed by atoms with E-state index in [-0.39, 0.29) is 11.3 Å². The Bertz CT molecular complexity index is 385. The molecule has 0 aromatic rings. The molecule has 2 heterocycles. The minimum Gasteiger partial charge on any atom is -0.481 e. The largest absolute Gasteiger partial charge is 0.481 e. The monoisotopic (exact) mass is 282 g/mol. The number of amides is 1. The quantitative estimate of drug-likeness (QED) is 0.819. The van der Waals surface area contributed by atoms with Crippen LogP contribution in [-0.4, -0.2) is 48.1 Å². The fraction of sp³-hybridized carbons (Fsp3) is 0.867. The van der Waals surface area contributed by atoms with Crippen LogP contribution < -0.4 is 5.32 Å². The Morgan fingerprint density at radius 3 is 2.60 bits per heavy atom. The third-order valence-corrected chi connectivity index (χ3v) is 4.93. The highest BCUT2D eigenvalue weighted by Gasteiger charge is 2.47. The van der Waals surface area contributed by atoms with E-state index < -0.39 is 11.4 Å². The first-order valence-electron chi connectivity index (χ1n) is 7.67. The molecule has 0 bridgehead atoms. The number of nitrogens with zero attached hydrogens (tertiary/aromatic N) is 1. The number of aliphatic carboxylic acids is 1. The van der Waals surface area contributed by atoms with Gasteiger partial charge in [-0.05, 0) is 39.2 Å². The second-order valence-corrected chi connectivity index (χ2v) is 6.65. The molecule has 0 saturated carbocycles. The smallest absolute Gasteiger partial charge is 0.311 e. The summed E-state index contributed by atoms with van der Waals surface area (Å²) in [7, 11) is 0. The number of nitrogens with one attached hydrogen (secondary N) is 1. The van der Waals surface area contributed by atoms with Gasteiger partial charge >= 0.3 is 5.97 Å². The second kappa shape index (κ2) is 5.72. The summed E-state index contributed by atoms with van der Waals surface area (Å²) in [4.78, 5) is 26.0. The molecule has 2 fully saturated rings. The maximum atomic E-state index is 12.9. The van der Waals surface area contributed by atoms with Crippen molar-refractivity contribution in [2.45, 2.75) is 46.0 Å². The SMILES string of the molecule is CCCC1(C(=O)N2CCC(C)(C(=O)O)C2)CCCNC1. The molecule has 0 aliphatic carbocycles. The molecular weight excluding hydrogens is 256 g/mol. The van der Waals surface area contributed by atoms with E-state index in [1.807, 2.05) is 0 Å². The van der Waals surface area contributed by atoms with Crippen LogP contribution in [0.3, 0.4) is 0 Å². The third-order valence-electron chi connectivity index (χ3n) is 4.93. The fourth-order valence-electron chi connectivity index (χ4n) is 3.59. The molecule has 0 radical (unpaired) electrons. The van der Waals surface area contributed by atoms with Gasteiger partial charge in [0.2, 0.25) is 5.91 Å². The van der Waals surface area contributed by atoms with E-state index in [0.29, 0.717) is 19.5 Å². The van der Waals surface area contributed by atoms with Gasteiger partial charge < -0.3 is 15.3 Å². The maximum absolute atomic E-state index is 12.9. The molecule has 2 N–H and O–H groups in total. The maximum Gasteiger partial charge on any atom is 0.311 e. The number of carboxylic acids is 1. The number of carboxylic acid groups (broad SMARTS) is 1. The molecule has 20 heavy (non-hydrogen) atoms. The van der Waals surface area contributed by atoms with Crippen molar-refractivity contribution < 1.29 is 14.7 Å². The number of hydrogen-bond donors (Lipinski definition) is 2. The van der Waals surface area contributed by atoms with Crippen LogP contribution in [0.5, 0.6) is 0 Å². The Morgan fingerprint density at radius 1 is 1.35 bits per heavy atom. The van der Waals surface area contributed by atoms with Crippen molar-refractivity contribution in [1.82, 2.24) is 10.2 Å². The van der Waals surface area contributed by atoms with Crippen LogP contribution in [0, 0.1) is 10.8 Å². The molecule has 0 aromatic carbocycles. The number of rotatable bonds is 4. The van der Waals surface area contributed by atoms with Crippen molar-refractivity contribution in [3.63, 3.8) is 0 Å². The summed E-state index contributed by atoms with van der Waals surface area (Å²) in [6.07, 6.45) is 4.38. The summed E-state index contributed by atoms with van der Waals surface area (Å²) in [5.41, 5.74) is -1.08. The Morgan fingerprint density at radius 2 is 2.10 bits per heavy atom. The topological polar surface area (TPSA) is 69.6 Å². The van der Waals surface area contributed by atoms with Gasteiger partial charge in [0.1, 0.15) is 0 Å². The lowest BCUT2D eigenvalue weighted by atomic mass is 9.75. The minimum atomic E-state index is -0.792. The average molecular weight is 282 g/mol. The lowest BCUT2D eigenvalue weighted by Gasteiger charge is -2.39. The van der Waals surface area contributed by atoms with E-state index in [4.69, 9.17) is 0 Å². The summed E-state index contributed by atoms with van der Waals surface area (Å²) in [6.45, 7) is 6.49. The molecule has 114 valence electrons. The number of piperidine rings is 1. The number of likely N-dealkylation sites (tertiary alicyclic amines) is 1. The van der Waals surface area contributed by atoms with Crippen LogP contribution in [-0.2, 0) is 9.59 Å². The second-order valence-electron chi connectivity index (χ2n) is 6.65. The normalized spacial score (nSPS) is 34.2. The summed E-state index contributed by atoms with van der Waals surface area (Å²) in [6, 6.07) is 0. The van der Waals surface area contributed by atoms with E-state index in [9.17, 15) is 14.7 Å². The van der Waals surface area contributed by atoms with Crippen LogP contribution in [0.25, 0.3) is 0 Å². The molecule has 2 rings (SSSR count). The van der Waals surface area contributed by atoms with Crippen LogP contribution in [0.15, 0.2) is 0 Å². The van der Waals surface area contributed by atoms with Gasteiger partial charge in [-0.25, -0.2) is 0 Å². The third kappa shape index (κ3) is 2.68. The molecular formula is C15H26N2O3. The summed E-state index contributed by atoms with van der Waals surface area (Å²) < 4.78 is 0. The van der Waals surface area contributed by atoms with Crippen LogP contribution in [0.1, 0.15) is 46.0 Å². The van der Waals surface area contributed by atoms with E-state index in [2.05, 4.69) is 12.2 Å². The van der Waals surface area contributed by atoms with Crippen molar-refractivity contribution in [3.8, 4) is 0 Å². The Labute approximate surface area is 120 Å². The zero-order valence-corrected chi connectivity index (χ0v) is 12.6. The highest BCUT2D eigenvalue weighted by molar-refractivity contribution is 5.85. The van der Waals surface area contributed by atoms with Gasteiger partial charge in [0.05, 0.1) is 10.8 Å². The highest BCUT2D eigenvalue weighted by atomic mass is 16.4. The van der Waals surface area contributed by atoms with E-state index >= 15 is 0 Å². The molecule has 0 aromatic heterocycles. The predicted octanol–water partition coefficient (Wildman–Crippen LogP) is 1.48. The first kappa shape index (κ1) is 15.3. The Kier molecular flexibility index (Phi) is 4.37. The predicted molar refractivity (Wildman–Crippen MR) is 76.4 cm³/mol.